The molecule has 3 rings (SSSR count). The number of ether oxygens (including phenoxy) is 1. The van der Waals surface area contributed by atoms with Crippen LogP contribution in [0.3, 0.4) is 0 Å². The van der Waals surface area contributed by atoms with E-state index in [2.05, 4.69) is 9.88 Å². The highest BCUT2D eigenvalue weighted by molar-refractivity contribution is 6.14. The van der Waals surface area contributed by atoms with E-state index in [1.807, 2.05) is 38.1 Å². The SMILES string of the molecule is CC(C)Oc1ccc(N)c(C(=N)c2ccnc(N3CCC(O)CC3)c2)c1. The first-order valence-corrected chi connectivity index (χ1v) is 8.98. The second-order valence-electron chi connectivity index (χ2n) is 6.91. The minimum atomic E-state index is -0.226. The van der Waals surface area contributed by atoms with Crippen molar-refractivity contribution in [3.05, 3.63) is 47.7 Å². The van der Waals surface area contributed by atoms with Crippen molar-refractivity contribution in [2.75, 3.05) is 23.7 Å². The first-order chi connectivity index (χ1) is 12.4. The predicted octanol–water partition coefficient (Wildman–Crippen LogP) is 2.83. The van der Waals surface area contributed by atoms with Crippen LogP contribution in [0.4, 0.5) is 11.5 Å². The molecule has 6 heteroatoms. The molecule has 6 nitrogen and oxygen atoms in total. The van der Waals surface area contributed by atoms with Crippen molar-refractivity contribution in [1.82, 2.24) is 4.98 Å². The molecule has 0 saturated carbocycles. The van der Waals surface area contributed by atoms with Gasteiger partial charge in [-0.2, -0.15) is 0 Å². The molecule has 138 valence electrons. The largest absolute Gasteiger partial charge is 0.491 e. The molecule has 0 bridgehead atoms. The second kappa shape index (κ2) is 7.74. The number of hydrogen-bond acceptors (Lipinski definition) is 6. The van der Waals surface area contributed by atoms with Gasteiger partial charge in [0.2, 0.25) is 0 Å². The van der Waals surface area contributed by atoms with Gasteiger partial charge in [-0.15, -0.1) is 0 Å². The maximum atomic E-state index is 9.68. The smallest absolute Gasteiger partial charge is 0.129 e. The van der Waals surface area contributed by atoms with Gasteiger partial charge in [0.15, 0.2) is 0 Å². The number of hydrogen-bond donors (Lipinski definition) is 3. The summed E-state index contributed by atoms with van der Waals surface area (Å²) in [5.74, 6) is 1.53. The van der Waals surface area contributed by atoms with Crippen LogP contribution in [0.15, 0.2) is 36.5 Å². The number of nitrogens with two attached hydrogens (primary N) is 1. The van der Waals surface area contributed by atoms with Crippen LogP contribution in [0.25, 0.3) is 0 Å². The lowest BCUT2D eigenvalue weighted by atomic mass is 10.0. The van der Waals surface area contributed by atoms with Gasteiger partial charge in [0, 0.05) is 36.1 Å². The maximum absolute atomic E-state index is 9.68. The Hall–Kier alpha value is -2.60. The minimum Gasteiger partial charge on any atom is -0.491 e. The lowest BCUT2D eigenvalue weighted by Crippen LogP contribution is -2.36. The van der Waals surface area contributed by atoms with Crippen LogP contribution in [0.1, 0.15) is 37.8 Å². The molecule has 4 N–H and O–H groups in total. The molecule has 1 fully saturated rings. The molecular formula is C20H26N4O2. The Balaban J connectivity index is 1.85. The summed E-state index contributed by atoms with van der Waals surface area (Å²) in [5.41, 5.74) is 8.40. The lowest BCUT2D eigenvalue weighted by molar-refractivity contribution is 0.145. The molecule has 0 unspecified atom stereocenters. The number of anilines is 2. The summed E-state index contributed by atoms with van der Waals surface area (Å²) in [7, 11) is 0. The highest BCUT2D eigenvalue weighted by Gasteiger charge is 2.19. The summed E-state index contributed by atoms with van der Waals surface area (Å²) in [5, 5.41) is 18.3. The number of nitrogen functional groups attached to an aromatic ring is 1. The number of piperidine rings is 1. The zero-order valence-corrected chi connectivity index (χ0v) is 15.3. The van der Waals surface area contributed by atoms with Crippen molar-refractivity contribution in [3.63, 3.8) is 0 Å². The highest BCUT2D eigenvalue weighted by Crippen LogP contribution is 2.25. The number of nitrogens with zero attached hydrogens (tertiary/aromatic N) is 2. The number of aliphatic hydroxyl groups excluding tert-OH is 1. The van der Waals surface area contributed by atoms with Gasteiger partial charge < -0.3 is 20.5 Å². The average Bonchev–Trinajstić information content (AvgIpc) is 2.63. The third kappa shape index (κ3) is 4.14. The Labute approximate surface area is 154 Å². The van der Waals surface area contributed by atoms with Crippen molar-refractivity contribution in [2.24, 2.45) is 0 Å². The Bertz CT molecular complexity index is 783. The molecule has 1 aromatic heterocycles. The third-order valence-electron chi connectivity index (χ3n) is 4.49. The van der Waals surface area contributed by atoms with E-state index in [4.69, 9.17) is 15.9 Å². The van der Waals surface area contributed by atoms with Gasteiger partial charge in [-0.05, 0) is 57.0 Å². The molecule has 0 spiro atoms. The number of rotatable bonds is 5. The summed E-state index contributed by atoms with van der Waals surface area (Å²) >= 11 is 0. The zero-order chi connectivity index (χ0) is 18.7. The van der Waals surface area contributed by atoms with Crippen molar-refractivity contribution in [2.45, 2.75) is 38.9 Å². The van der Waals surface area contributed by atoms with Gasteiger partial charge >= 0.3 is 0 Å². The minimum absolute atomic E-state index is 0.0580. The molecule has 0 amide bonds. The molecular weight excluding hydrogens is 328 g/mol. The Morgan fingerprint density at radius 2 is 2.00 bits per heavy atom. The first kappa shape index (κ1) is 18.2. The van der Waals surface area contributed by atoms with Crippen LogP contribution in [0.2, 0.25) is 0 Å². The molecule has 0 radical (unpaired) electrons. The molecule has 1 aliphatic rings. The fourth-order valence-electron chi connectivity index (χ4n) is 3.09. The number of aliphatic hydroxyl groups is 1. The average molecular weight is 354 g/mol. The van der Waals surface area contributed by atoms with Crippen LogP contribution in [0.5, 0.6) is 5.75 Å². The standard InChI is InChI=1S/C20H26N4O2/c1-13(2)26-16-3-4-18(21)17(12-16)20(22)14-5-8-23-19(11-14)24-9-6-15(25)7-10-24/h3-5,8,11-13,15,22,25H,6-7,9-10,21H2,1-2H3. The molecule has 2 heterocycles. The van der Waals surface area contributed by atoms with E-state index >= 15 is 0 Å². The van der Waals surface area contributed by atoms with Crippen molar-refractivity contribution >= 4 is 17.2 Å². The topological polar surface area (TPSA) is 95.5 Å². The van der Waals surface area contributed by atoms with Gasteiger partial charge in [-0.25, -0.2) is 4.98 Å². The second-order valence-corrected chi connectivity index (χ2v) is 6.91. The summed E-state index contributed by atoms with van der Waals surface area (Å²) in [4.78, 5) is 6.58. The quantitative estimate of drug-likeness (QED) is 0.567. The Morgan fingerprint density at radius 1 is 1.27 bits per heavy atom. The Kier molecular flexibility index (Phi) is 5.42. The monoisotopic (exact) mass is 354 g/mol. The first-order valence-electron chi connectivity index (χ1n) is 8.98. The van der Waals surface area contributed by atoms with E-state index in [0.29, 0.717) is 22.7 Å². The summed E-state index contributed by atoms with van der Waals surface area (Å²) in [6.45, 7) is 5.47. The van der Waals surface area contributed by atoms with E-state index in [1.54, 1.807) is 12.3 Å². The number of nitrogens with one attached hydrogen (secondary N) is 1. The molecule has 1 saturated heterocycles. The lowest BCUT2D eigenvalue weighted by Gasteiger charge is -2.30. The van der Waals surface area contributed by atoms with E-state index in [0.717, 1.165) is 37.3 Å². The number of benzene rings is 1. The fourth-order valence-corrected chi connectivity index (χ4v) is 3.09. The maximum Gasteiger partial charge on any atom is 0.129 e. The highest BCUT2D eigenvalue weighted by atomic mass is 16.5. The normalized spacial score (nSPS) is 15.3. The fraction of sp³-hybridized carbons (Fsp3) is 0.400. The molecule has 26 heavy (non-hydrogen) atoms. The van der Waals surface area contributed by atoms with Gasteiger partial charge in [0.25, 0.3) is 0 Å². The molecule has 1 aromatic carbocycles. The van der Waals surface area contributed by atoms with Crippen molar-refractivity contribution in [1.29, 1.82) is 5.41 Å². The van der Waals surface area contributed by atoms with Gasteiger partial charge in [0.05, 0.1) is 17.9 Å². The molecule has 0 atom stereocenters. The number of pyridine rings is 1. The van der Waals surface area contributed by atoms with Crippen molar-refractivity contribution in [3.8, 4) is 5.75 Å². The van der Waals surface area contributed by atoms with Crippen LogP contribution in [-0.4, -0.2) is 41.1 Å². The van der Waals surface area contributed by atoms with Crippen LogP contribution < -0.4 is 15.4 Å². The van der Waals surface area contributed by atoms with E-state index in [1.165, 1.54) is 0 Å². The van der Waals surface area contributed by atoms with E-state index in [9.17, 15) is 5.11 Å². The zero-order valence-electron chi connectivity index (χ0n) is 15.3. The third-order valence-corrected chi connectivity index (χ3v) is 4.49. The predicted molar refractivity (Wildman–Crippen MR) is 104 cm³/mol. The summed E-state index contributed by atoms with van der Waals surface area (Å²) < 4.78 is 5.73. The van der Waals surface area contributed by atoms with E-state index in [-0.39, 0.29) is 12.2 Å². The van der Waals surface area contributed by atoms with Crippen molar-refractivity contribution < 1.29 is 9.84 Å². The van der Waals surface area contributed by atoms with Gasteiger partial charge in [0.1, 0.15) is 11.6 Å². The summed E-state index contributed by atoms with van der Waals surface area (Å²) in [6.07, 6.45) is 3.03. The number of aromatic nitrogens is 1. The van der Waals surface area contributed by atoms with E-state index < -0.39 is 0 Å². The van der Waals surface area contributed by atoms with Crippen LogP contribution >= 0.6 is 0 Å². The molecule has 0 aliphatic carbocycles. The molecule has 2 aromatic rings. The van der Waals surface area contributed by atoms with Gasteiger partial charge in [-0.1, -0.05) is 0 Å². The summed E-state index contributed by atoms with van der Waals surface area (Å²) in [6, 6.07) is 9.14. The van der Waals surface area contributed by atoms with Crippen LogP contribution in [-0.2, 0) is 0 Å². The molecule has 1 aliphatic heterocycles. The van der Waals surface area contributed by atoms with Gasteiger partial charge in [-0.3, -0.25) is 5.41 Å². The van der Waals surface area contributed by atoms with Crippen LogP contribution in [0, 0.1) is 5.41 Å². The Morgan fingerprint density at radius 3 is 2.69 bits per heavy atom.